The summed E-state index contributed by atoms with van der Waals surface area (Å²) in [6, 6.07) is 3.30. The lowest BCUT2D eigenvalue weighted by atomic mass is 10.0. The van der Waals surface area contributed by atoms with Crippen LogP contribution in [0.5, 0.6) is 5.88 Å². The van der Waals surface area contributed by atoms with E-state index in [2.05, 4.69) is 15.0 Å². The SMILES string of the molecule is CO/N=C(/OC)c1cc(-c2nn(C)c(OC(F)F)c2Cl)c(C)cc1Cl. The fourth-order valence-electron chi connectivity index (χ4n) is 2.24. The molecule has 2 aromatic rings. The fraction of sp³-hybridized carbons (Fsp3) is 0.333. The lowest BCUT2D eigenvalue weighted by Gasteiger charge is -2.11. The number of ether oxygens (including phenoxy) is 2. The normalized spacial score (nSPS) is 11.8. The predicted octanol–water partition coefficient (Wildman–Crippen LogP) is 4.26. The summed E-state index contributed by atoms with van der Waals surface area (Å²) in [6.07, 6.45) is 0. The zero-order valence-corrected chi connectivity index (χ0v) is 15.3. The summed E-state index contributed by atoms with van der Waals surface area (Å²) in [7, 11) is 4.23. The minimum atomic E-state index is -3.02. The van der Waals surface area contributed by atoms with Crippen LogP contribution >= 0.6 is 23.2 Å². The van der Waals surface area contributed by atoms with Crippen molar-refractivity contribution in [2.24, 2.45) is 12.2 Å². The Balaban J connectivity index is 2.62. The molecular formula is C15H15Cl2F2N3O3. The van der Waals surface area contributed by atoms with Crippen molar-refractivity contribution < 1.29 is 23.1 Å². The molecule has 0 aliphatic rings. The van der Waals surface area contributed by atoms with Gasteiger partial charge in [-0.25, -0.2) is 4.68 Å². The first-order valence-corrected chi connectivity index (χ1v) is 7.69. The second-order valence-corrected chi connectivity index (χ2v) is 5.69. The van der Waals surface area contributed by atoms with Gasteiger partial charge in [0, 0.05) is 12.6 Å². The van der Waals surface area contributed by atoms with E-state index >= 15 is 0 Å². The van der Waals surface area contributed by atoms with Crippen molar-refractivity contribution in [2.75, 3.05) is 14.2 Å². The first-order valence-electron chi connectivity index (χ1n) is 6.93. The molecule has 136 valence electrons. The summed E-state index contributed by atoms with van der Waals surface area (Å²) >= 11 is 12.4. The number of aromatic nitrogens is 2. The molecule has 0 atom stereocenters. The van der Waals surface area contributed by atoms with Gasteiger partial charge in [0.2, 0.25) is 5.88 Å². The van der Waals surface area contributed by atoms with E-state index in [1.807, 2.05) is 0 Å². The number of methoxy groups -OCH3 is 1. The Labute approximate surface area is 152 Å². The number of benzene rings is 1. The number of halogens is 4. The number of aryl methyl sites for hydroxylation is 2. The maximum atomic E-state index is 12.5. The quantitative estimate of drug-likeness (QED) is 0.432. The van der Waals surface area contributed by atoms with Crippen molar-refractivity contribution in [3.05, 3.63) is 33.3 Å². The van der Waals surface area contributed by atoms with Gasteiger partial charge in [0.05, 0.1) is 17.7 Å². The highest BCUT2D eigenvalue weighted by Crippen LogP contribution is 2.38. The first kappa shape index (κ1) is 19.3. The Morgan fingerprint density at radius 2 is 1.96 bits per heavy atom. The Bertz CT molecular complexity index is 810. The average Bonchev–Trinajstić information content (AvgIpc) is 2.81. The molecule has 1 aromatic carbocycles. The Kier molecular flexibility index (Phi) is 6.07. The topological polar surface area (TPSA) is 57.9 Å². The molecule has 0 aliphatic heterocycles. The van der Waals surface area contributed by atoms with Crippen LogP contribution in [-0.2, 0) is 16.6 Å². The van der Waals surface area contributed by atoms with Crippen LogP contribution in [0.1, 0.15) is 11.1 Å². The van der Waals surface area contributed by atoms with Crippen molar-refractivity contribution in [3.63, 3.8) is 0 Å². The number of nitrogens with zero attached hydrogens (tertiary/aromatic N) is 3. The second-order valence-electron chi connectivity index (χ2n) is 4.90. The van der Waals surface area contributed by atoms with Gasteiger partial charge in [-0.1, -0.05) is 23.2 Å². The molecule has 0 N–H and O–H groups in total. The molecule has 2 rings (SSSR count). The highest BCUT2D eigenvalue weighted by molar-refractivity contribution is 6.35. The zero-order chi connectivity index (χ0) is 18.7. The molecule has 0 fully saturated rings. The van der Waals surface area contributed by atoms with E-state index in [0.717, 1.165) is 10.2 Å². The Morgan fingerprint density at radius 3 is 2.52 bits per heavy atom. The number of rotatable bonds is 5. The molecule has 1 aromatic heterocycles. The molecule has 0 saturated heterocycles. The standard InChI is InChI=1S/C15H15Cl2F2N3O3/c1-7-5-10(16)9(13(23-3)21-24-4)6-8(7)12-11(17)14(22(2)20-12)25-15(18)19/h5-6,15H,1-4H3/b21-13+. The molecule has 6 nitrogen and oxygen atoms in total. The molecule has 1 heterocycles. The van der Waals surface area contributed by atoms with E-state index < -0.39 is 6.61 Å². The van der Waals surface area contributed by atoms with Crippen molar-refractivity contribution in [3.8, 4) is 17.1 Å². The largest absolute Gasteiger partial charge is 0.478 e. The predicted molar refractivity (Wildman–Crippen MR) is 90.6 cm³/mol. The van der Waals surface area contributed by atoms with Gasteiger partial charge in [0.15, 0.2) is 0 Å². The van der Waals surface area contributed by atoms with Crippen molar-refractivity contribution in [1.82, 2.24) is 9.78 Å². The molecule has 0 radical (unpaired) electrons. The van der Waals surface area contributed by atoms with Gasteiger partial charge in [-0.05, 0) is 29.8 Å². The molecule has 0 bridgehead atoms. The third-order valence-electron chi connectivity index (χ3n) is 3.31. The highest BCUT2D eigenvalue weighted by Gasteiger charge is 2.23. The lowest BCUT2D eigenvalue weighted by molar-refractivity contribution is -0.0552. The van der Waals surface area contributed by atoms with E-state index in [4.69, 9.17) is 32.8 Å². The van der Waals surface area contributed by atoms with E-state index in [1.54, 1.807) is 19.1 Å². The number of hydrogen-bond donors (Lipinski definition) is 0. The zero-order valence-electron chi connectivity index (χ0n) is 13.8. The van der Waals surface area contributed by atoms with E-state index in [1.165, 1.54) is 21.3 Å². The third kappa shape index (κ3) is 3.96. The Hall–Kier alpha value is -2.06. The maximum Gasteiger partial charge on any atom is 0.388 e. The molecule has 0 saturated carbocycles. The van der Waals surface area contributed by atoms with E-state index in [0.29, 0.717) is 16.1 Å². The summed E-state index contributed by atoms with van der Waals surface area (Å²) in [5, 5.41) is 8.25. The van der Waals surface area contributed by atoms with Gasteiger partial charge in [-0.3, -0.25) is 0 Å². The summed E-state index contributed by atoms with van der Waals surface area (Å²) in [5.41, 5.74) is 1.99. The smallest absolute Gasteiger partial charge is 0.388 e. The first-order chi connectivity index (χ1) is 11.8. The number of oxime groups is 1. The van der Waals surface area contributed by atoms with E-state index in [-0.39, 0.29) is 22.5 Å². The van der Waals surface area contributed by atoms with Gasteiger partial charge >= 0.3 is 6.61 Å². The molecular weight excluding hydrogens is 379 g/mol. The number of hydrogen-bond acceptors (Lipinski definition) is 5. The maximum absolute atomic E-state index is 12.5. The summed E-state index contributed by atoms with van der Waals surface area (Å²) in [4.78, 5) is 4.73. The van der Waals surface area contributed by atoms with Crippen LogP contribution in [0.3, 0.4) is 0 Å². The minimum absolute atomic E-state index is 0.0400. The van der Waals surface area contributed by atoms with Gasteiger partial charge in [0.25, 0.3) is 5.90 Å². The van der Waals surface area contributed by atoms with Crippen LogP contribution in [0, 0.1) is 6.92 Å². The summed E-state index contributed by atoms with van der Waals surface area (Å²) in [6.45, 7) is -1.24. The van der Waals surface area contributed by atoms with Crippen molar-refractivity contribution >= 4 is 29.1 Å². The molecule has 0 unspecified atom stereocenters. The fourth-order valence-corrected chi connectivity index (χ4v) is 2.84. The second kappa shape index (κ2) is 7.88. The summed E-state index contributed by atoms with van der Waals surface area (Å²) in [5.74, 6) is -0.0926. The Morgan fingerprint density at radius 1 is 1.28 bits per heavy atom. The van der Waals surface area contributed by atoms with Gasteiger partial charge in [0.1, 0.15) is 17.8 Å². The van der Waals surface area contributed by atoms with Crippen LogP contribution in [0.15, 0.2) is 17.3 Å². The van der Waals surface area contributed by atoms with E-state index in [9.17, 15) is 8.78 Å². The molecule has 0 aliphatic carbocycles. The molecule has 10 heteroatoms. The van der Waals surface area contributed by atoms with Crippen LogP contribution in [0.25, 0.3) is 11.3 Å². The van der Waals surface area contributed by atoms with Crippen LogP contribution in [-0.4, -0.2) is 36.5 Å². The monoisotopic (exact) mass is 393 g/mol. The van der Waals surface area contributed by atoms with Crippen LogP contribution in [0.4, 0.5) is 8.78 Å². The van der Waals surface area contributed by atoms with Gasteiger partial charge < -0.3 is 14.3 Å². The highest BCUT2D eigenvalue weighted by atomic mass is 35.5. The van der Waals surface area contributed by atoms with Crippen molar-refractivity contribution in [2.45, 2.75) is 13.5 Å². The molecule has 0 amide bonds. The molecule has 25 heavy (non-hydrogen) atoms. The summed E-state index contributed by atoms with van der Waals surface area (Å²) < 4.78 is 35.8. The van der Waals surface area contributed by atoms with Crippen molar-refractivity contribution in [1.29, 1.82) is 0 Å². The lowest BCUT2D eigenvalue weighted by Crippen LogP contribution is -2.06. The number of alkyl halides is 2. The van der Waals surface area contributed by atoms with Crippen LogP contribution < -0.4 is 4.74 Å². The minimum Gasteiger partial charge on any atom is -0.478 e. The molecule has 0 spiro atoms. The third-order valence-corrected chi connectivity index (χ3v) is 3.96. The van der Waals surface area contributed by atoms with Crippen LogP contribution in [0.2, 0.25) is 10.0 Å². The van der Waals surface area contributed by atoms with Gasteiger partial charge in [-0.2, -0.15) is 13.9 Å². The van der Waals surface area contributed by atoms with Gasteiger partial charge in [-0.15, -0.1) is 0 Å². The average molecular weight is 394 g/mol.